The predicted molar refractivity (Wildman–Crippen MR) is 120 cm³/mol. The molecule has 7 nitrogen and oxygen atoms in total. The smallest absolute Gasteiger partial charge is 0.251 e. The molecule has 0 saturated heterocycles. The molecule has 0 aliphatic rings. The molecule has 1 amide bonds. The summed E-state index contributed by atoms with van der Waals surface area (Å²) in [6, 6.07) is 10.5. The fourth-order valence-electron chi connectivity index (χ4n) is 3.80. The Labute approximate surface area is 181 Å². The largest absolute Gasteiger partial charge is 0.768 e. The number of aromatic nitrogens is 2. The summed E-state index contributed by atoms with van der Waals surface area (Å²) in [5, 5.41) is 13.6. The summed E-state index contributed by atoms with van der Waals surface area (Å²) in [4.78, 5) is 20.9. The van der Waals surface area contributed by atoms with Crippen molar-refractivity contribution in [2.24, 2.45) is 0 Å². The van der Waals surface area contributed by atoms with Gasteiger partial charge in [0.25, 0.3) is 5.91 Å². The number of rotatable bonds is 6. The molecule has 0 spiro atoms. The summed E-state index contributed by atoms with van der Waals surface area (Å²) in [5.74, 6) is -0.250. The van der Waals surface area contributed by atoms with Gasteiger partial charge in [-0.3, -0.25) is 9.00 Å². The molecule has 0 aliphatic heterocycles. The zero-order chi connectivity index (χ0) is 22.1. The Morgan fingerprint density at radius 2 is 2.06 bits per heavy atom. The van der Waals surface area contributed by atoms with Crippen molar-refractivity contribution in [2.75, 3.05) is 13.2 Å². The molecular weight excluding hydrogens is 414 g/mol. The molecule has 4 aromatic rings. The number of fused-ring (bicyclic) bond motifs is 3. The molecule has 31 heavy (non-hydrogen) atoms. The second-order valence-corrected chi connectivity index (χ2v) is 8.42. The maximum absolute atomic E-state index is 12.9. The first-order valence-corrected chi connectivity index (χ1v) is 11.0. The number of carbonyl (C=O) groups is 1. The molecule has 2 heterocycles. The summed E-state index contributed by atoms with van der Waals surface area (Å²) < 4.78 is 23.1. The van der Waals surface area contributed by atoms with Crippen molar-refractivity contribution >= 4 is 38.9 Å². The number of benzene rings is 2. The van der Waals surface area contributed by atoms with Crippen LogP contribution in [-0.4, -0.2) is 42.9 Å². The average Bonchev–Trinajstić information content (AvgIpc) is 3.13. The molecule has 2 aromatic carbocycles. The zero-order valence-electron chi connectivity index (χ0n) is 17.2. The lowest BCUT2D eigenvalue weighted by molar-refractivity contribution is 0.0950. The highest BCUT2D eigenvalue weighted by Gasteiger charge is 2.20. The Balaban J connectivity index is 2.01. The van der Waals surface area contributed by atoms with Crippen LogP contribution in [0.15, 0.2) is 47.5 Å². The van der Waals surface area contributed by atoms with Gasteiger partial charge in [0.05, 0.1) is 5.52 Å². The van der Waals surface area contributed by atoms with E-state index in [1.165, 1.54) is 6.07 Å². The van der Waals surface area contributed by atoms with E-state index < -0.39 is 11.1 Å². The number of nitrogens with zero attached hydrogens (tertiary/aromatic N) is 1. The van der Waals surface area contributed by atoms with E-state index in [0.717, 1.165) is 33.0 Å². The van der Waals surface area contributed by atoms with Gasteiger partial charge in [-0.1, -0.05) is 12.1 Å². The Bertz CT molecular complexity index is 1330. The van der Waals surface area contributed by atoms with E-state index in [0.29, 0.717) is 29.7 Å². The number of hydrogen-bond donors (Lipinski definition) is 3. The van der Waals surface area contributed by atoms with Crippen molar-refractivity contribution < 1.29 is 18.7 Å². The van der Waals surface area contributed by atoms with E-state index in [1.807, 2.05) is 26.0 Å². The number of carbonyl (C=O) groups excluding carboxylic acids is 1. The number of amides is 1. The van der Waals surface area contributed by atoms with Gasteiger partial charge in [-0.25, -0.2) is 4.98 Å². The van der Waals surface area contributed by atoms with E-state index in [1.54, 1.807) is 24.4 Å². The van der Waals surface area contributed by atoms with Crippen LogP contribution in [0.3, 0.4) is 0 Å². The lowest BCUT2D eigenvalue weighted by Crippen LogP contribution is -2.25. The number of aliphatic hydroxyl groups excluding tert-OH is 1. The van der Waals surface area contributed by atoms with Gasteiger partial charge >= 0.3 is 0 Å². The highest BCUT2D eigenvalue weighted by molar-refractivity contribution is 7.79. The van der Waals surface area contributed by atoms with Crippen molar-refractivity contribution in [1.82, 2.24) is 15.3 Å². The molecule has 8 heteroatoms. The molecule has 0 radical (unpaired) electrons. The molecule has 0 saturated carbocycles. The standard InChI is InChI=1S/C23H23N3O4S/c1-13-9-19-20-18(15-5-3-6-16(10-15)31(29)30)11-17(23(28)24-7-4-8-27)14(2)21(20)26-22(19)25-12-13/h3,5-6,9-12,27H,4,7-8H2,1-2H3,(H,24,28)(H,25,26)(H,29,30)/p-1. The second-order valence-electron chi connectivity index (χ2n) is 7.48. The first kappa shape index (κ1) is 21.2. The number of pyridine rings is 1. The van der Waals surface area contributed by atoms with Crippen molar-refractivity contribution in [3.8, 4) is 11.1 Å². The SMILES string of the molecule is Cc1cnc2[nH]c3c(C)c(C(=O)NCCCO)cc(-c4cccc(S(=O)[O-])c4)c3c2c1. The third-order valence-electron chi connectivity index (χ3n) is 5.33. The minimum atomic E-state index is -2.36. The van der Waals surface area contributed by atoms with Gasteiger partial charge in [-0.2, -0.15) is 0 Å². The van der Waals surface area contributed by atoms with Gasteiger partial charge in [0.1, 0.15) is 5.65 Å². The van der Waals surface area contributed by atoms with Crippen LogP contribution < -0.4 is 5.32 Å². The maximum Gasteiger partial charge on any atom is 0.251 e. The minimum Gasteiger partial charge on any atom is -0.768 e. The van der Waals surface area contributed by atoms with Crippen molar-refractivity contribution in [3.05, 3.63) is 59.3 Å². The Morgan fingerprint density at radius 1 is 1.26 bits per heavy atom. The fourth-order valence-corrected chi connectivity index (χ4v) is 4.22. The maximum atomic E-state index is 12.9. The van der Waals surface area contributed by atoms with Crippen LogP contribution in [0.4, 0.5) is 0 Å². The summed E-state index contributed by atoms with van der Waals surface area (Å²) in [6.45, 7) is 4.19. The van der Waals surface area contributed by atoms with Gasteiger partial charge in [-0.05, 0) is 77.9 Å². The predicted octanol–water partition coefficient (Wildman–Crippen LogP) is 3.35. The van der Waals surface area contributed by atoms with Crippen LogP contribution in [-0.2, 0) is 11.1 Å². The van der Waals surface area contributed by atoms with Gasteiger partial charge in [0.15, 0.2) is 0 Å². The van der Waals surface area contributed by atoms with Crippen LogP contribution in [0.1, 0.15) is 27.9 Å². The van der Waals surface area contributed by atoms with Gasteiger partial charge in [0, 0.05) is 40.6 Å². The molecule has 160 valence electrons. The van der Waals surface area contributed by atoms with Crippen molar-refractivity contribution in [1.29, 1.82) is 0 Å². The number of H-pyrrole nitrogens is 1. The Morgan fingerprint density at radius 3 is 2.81 bits per heavy atom. The Kier molecular flexibility index (Phi) is 5.86. The van der Waals surface area contributed by atoms with Crippen LogP contribution in [0.2, 0.25) is 0 Å². The third kappa shape index (κ3) is 3.97. The Hall–Kier alpha value is -3.07. The van der Waals surface area contributed by atoms with Crippen molar-refractivity contribution in [2.45, 2.75) is 25.2 Å². The van der Waals surface area contributed by atoms with E-state index >= 15 is 0 Å². The molecule has 4 rings (SSSR count). The molecule has 0 bridgehead atoms. The molecule has 0 aliphatic carbocycles. The van der Waals surface area contributed by atoms with Crippen molar-refractivity contribution in [3.63, 3.8) is 0 Å². The molecule has 1 unspecified atom stereocenters. The van der Waals surface area contributed by atoms with E-state index in [2.05, 4.69) is 15.3 Å². The minimum absolute atomic E-state index is 0.00425. The number of aromatic amines is 1. The molecule has 2 aromatic heterocycles. The van der Waals surface area contributed by atoms with E-state index in [9.17, 15) is 13.6 Å². The van der Waals surface area contributed by atoms with Gasteiger partial charge in [-0.15, -0.1) is 0 Å². The quantitative estimate of drug-likeness (QED) is 0.316. The number of nitrogens with one attached hydrogen (secondary N) is 2. The first-order valence-electron chi connectivity index (χ1n) is 9.91. The zero-order valence-corrected chi connectivity index (χ0v) is 18.0. The molecular formula is C23H22N3O4S-. The molecule has 0 fully saturated rings. The van der Waals surface area contributed by atoms with Gasteiger partial charge in [0.2, 0.25) is 0 Å². The lowest BCUT2D eigenvalue weighted by atomic mass is 9.93. The van der Waals surface area contributed by atoms with Crippen LogP contribution >= 0.6 is 0 Å². The summed E-state index contributed by atoms with van der Waals surface area (Å²) in [6.07, 6.45) is 2.24. The van der Waals surface area contributed by atoms with Crippen LogP contribution in [0, 0.1) is 13.8 Å². The normalized spacial score (nSPS) is 12.4. The number of aryl methyl sites for hydroxylation is 2. The molecule has 1 atom stereocenters. The summed E-state index contributed by atoms with van der Waals surface area (Å²) >= 11 is -2.36. The second kappa shape index (κ2) is 8.58. The first-order chi connectivity index (χ1) is 14.9. The lowest BCUT2D eigenvalue weighted by Gasteiger charge is -2.14. The number of aliphatic hydroxyl groups is 1. The average molecular weight is 437 g/mol. The van der Waals surface area contributed by atoms with Crippen LogP contribution in [0.5, 0.6) is 0 Å². The van der Waals surface area contributed by atoms with E-state index in [4.69, 9.17) is 5.11 Å². The molecule has 3 N–H and O–H groups in total. The number of hydrogen-bond acceptors (Lipinski definition) is 5. The summed E-state index contributed by atoms with van der Waals surface area (Å²) in [5.41, 5.74) is 5.18. The van der Waals surface area contributed by atoms with E-state index in [-0.39, 0.29) is 17.4 Å². The monoisotopic (exact) mass is 436 g/mol. The highest BCUT2D eigenvalue weighted by atomic mass is 32.2. The van der Waals surface area contributed by atoms with Gasteiger partial charge < -0.3 is 20.0 Å². The fraction of sp³-hybridized carbons (Fsp3) is 0.217. The summed E-state index contributed by atoms with van der Waals surface area (Å²) in [7, 11) is 0. The third-order valence-corrected chi connectivity index (χ3v) is 5.97. The highest BCUT2D eigenvalue weighted by Crippen LogP contribution is 2.38. The van der Waals surface area contributed by atoms with Crippen LogP contribution in [0.25, 0.3) is 33.1 Å². The topological polar surface area (TPSA) is 118 Å².